The van der Waals surface area contributed by atoms with Crippen LogP contribution in [0.3, 0.4) is 0 Å². The van der Waals surface area contributed by atoms with E-state index in [0.29, 0.717) is 5.92 Å². The third-order valence-corrected chi connectivity index (χ3v) is 2.31. The van der Waals surface area contributed by atoms with Crippen molar-refractivity contribution in [3.8, 4) is 0 Å². The Balaban J connectivity index is 2.62. The quantitative estimate of drug-likeness (QED) is 0.590. The zero-order valence-corrected chi connectivity index (χ0v) is 7.21. The number of hydrogen-bond donors (Lipinski definition) is 0. The Kier molecular flexibility index (Phi) is 2.32. The van der Waals surface area contributed by atoms with Gasteiger partial charge in [-0.05, 0) is 18.5 Å². The molecule has 0 aromatic carbocycles. The molecule has 0 radical (unpaired) electrons. The fourth-order valence-corrected chi connectivity index (χ4v) is 1.52. The van der Waals surface area contributed by atoms with Crippen molar-refractivity contribution in [3.63, 3.8) is 0 Å². The smallest absolute Gasteiger partial charge is 0.229 e. The molecule has 1 amide bonds. The number of carbonyl (C=O) groups excluding carboxylic acids is 1. The minimum atomic E-state index is 0.230. The van der Waals surface area contributed by atoms with Crippen LogP contribution >= 0.6 is 0 Å². The number of rotatable bonds is 2. The van der Waals surface area contributed by atoms with E-state index in [1.807, 2.05) is 0 Å². The Morgan fingerprint density at radius 1 is 1.73 bits per heavy atom. The molecule has 1 unspecified atom stereocenters. The molecule has 0 aromatic rings. The molecule has 2 nitrogen and oxygen atoms in total. The number of likely N-dealkylation sites (tertiary alicyclic amines) is 1. The largest absolute Gasteiger partial charge is 0.319 e. The Labute approximate surface area is 67.9 Å². The monoisotopic (exact) mass is 153 g/mol. The predicted molar refractivity (Wildman–Crippen MR) is 44.9 cm³/mol. The van der Waals surface area contributed by atoms with E-state index >= 15 is 0 Å². The van der Waals surface area contributed by atoms with Gasteiger partial charge >= 0.3 is 0 Å². The normalized spacial score (nSPS) is 24.8. The number of carbonyl (C=O) groups is 1. The SMILES string of the molecule is C=CN1CCC(C(C)C)C1=O. The zero-order chi connectivity index (χ0) is 8.43. The maximum atomic E-state index is 11.4. The van der Waals surface area contributed by atoms with Gasteiger partial charge < -0.3 is 4.90 Å². The molecule has 1 atom stereocenters. The first kappa shape index (κ1) is 8.31. The lowest BCUT2D eigenvalue weighted by atomic mass is 9.95. The average Bonchev–Trinajstić information content (AvgIpc) is 2.30. The lowest BCUT2D eigenvalue weighted by molar-refractivity contribution is -0.129. The molecule has 1 heterocycles. The topological polar surface area (TPSA) is 20.3 Å². The lowest BCUT2D eigenvalue weighted by Crippen LogP contribution is -2.23. The van der Waals surface area contributed by atoms with Crippen molar-refractivity contribution >= 4 is 5.91 Å². The molecule has 11 heavy (non-hydrogen) atoms. The zero-order valence-electron chi connectivity index (χ0n) is 7.21. The van der Waals surface area contributed by atoms with Gasteiger partial charge in [0.25, 0.3) is 0 Å². The summed E-state index contributed by atoms with van der Waals surface area (Å²) >= 11 is 0. The van der Waals surface area contributed by atoms with E-state index in [4.69, 9.17) is 0 Å². The summed E-state index contributed by atoms with van der Waals surface area (Å²) in [6.07, 6.45) is 2.62. The van der Waals surface area contributed by atoms with Gasteiger partial charge in [-0.3, -0.25) is 4.79 Å². The van der Waals surface area contributed by atoms with Gasteiger partial charge in [0, 0.05) is 12.5 Å². The first-order valence-corrected chi connectivity index (χ1v) is 4.10. The summed E-state index contributed by atoms with van der Waals surface area (Å²) in [6, 6.07) is 0. The molecule has 0 bridgehead atoms. The Morgan fingerprint density at radius 2 is 2.36 bits per heavy atom. The summed E-state index contributed by atoms with van der Waals surface area (Å²) in [5.41, 5.74) is 0. The van der Waals surface area contributed by atoms with E-state index in [-0.39, 0.29) is 11.8 Å². The van der Waals surface area contributed by atoms with Crippen molar-refractivity contribution in [2.24, 2.45) is 11.8 Å². The van der Waals surface area contributed by atoms with Crippen molar-refractivity contribution in [1.29, 1.82) is 0 Å². The van der Waals surface area contributed by atoms with Crippen LogP contribution in [0.1, 0.15) is 20.3 Å². The van der Waals surface area contributed by atoms with Crippen molar-refractivity contribution in [2.75, 3.05) is 6.54 Å². The summed E-state index contributed by atoms with van der Waals surface area (Å²) in [4.78, 5) is 13.1. The minimum Gasteiger partial charge on any atom is -0.319 e. The van der Waals surface area contributed by atoms with Gasteiger partial charge in [-0.25, -0.2) is 0 Å². The second kappa shape index (κ2) is 3.07. The molecule has 2 heteroatoms. The van der Waals surface area contributed by atoms with Crippen LogP contribution in [0.15, 0.2) is 12.8 Å². The molecule has 0 spiro atoms. The molecule has 0 N–H and O–H groups in total. The van der Waals surface area contributed by atoms with E-state index in [1.54, 1.807) is 11.1 Å². The first-order valence-electron chi connectivity index (χ1n) is 4.10. The highest BCUT2D eigenvalue weighted by Crippen LogP contribution is 2.24. The molecule has 0 aromatic heterocycles. The number of hydrogen-bond acceptors (Lipinski definition) is 1. The molecule has 62 valence electrons. The fourth-order valence-electron chi connectivity index (χ4n) is 1.52. The third kappa shape index (κ3) is 1.44. The standard InChI is InChI=1S/C9H15NO/c1-4-10-6-5-8(7(2)3)9(10)11/h4,7-8H,1,5-6H2,2-3H3. The van der Waals surface area contributed by atoms with Crippen LogP contribution in [-0.4, -0.2) is 17.4 Å². The molecule has 0 aliphatic carbocycles. The predicted octanol–water partition coefficient (Wildman–Crippen LogP) is 1.63. The van der Waals surface area contributed by atoms with E-state index in [2.05, 4.69) is 20.4 Å². The first-order chi connectivity index (χ1) is 5.16. The van der Waals surface area contributed by atoms with Gasteiger partial charge in [0.15, 0.2) is 0 Å². The summed E-state index contributed by atoms with van der Waals surface area (Å²) in [5, 5.41) is 0. The van der Waals surface area contributed by atoms with E-state index < -0.39 is 0 Å². The molecule has 1 rings (SSSR count). The van der Waals surface area contributed by atoms with Gasteiger partial charge in [0.05, 0.1) is 0 Å². The summed E-state index contributed by atoms with van der Waals surface area (Å²) < 4.78 is 0. The molecule has 1 aliphatic rings. The van der Waals surface area contributed by atoms with Crippen molar-refractivity contribution in [3.05, 3.63) is 12.8 Å². The van der Waals surface area contributed by atoms with Crippen molar-refractivity contribution in [1.82, 2.24) is 4.90 Å². The highest BCUT2D eigenvalue weighted by Gasteiger charge is 2.31. The molecular formula is C9H15NO. The molecule has 1 saturated heterocycles. The highest BCUT2D eigenvalue weighted by molar-refractivity contribution is 5.81. The van der Waals surface area contributed by atoms with E-state index in [1.165, 1.54) is 0 Å². The third-order valence-electron chi connectivity index (χ3n) is 2.31. The Bertz CT molecular complexity index is 174. The lowest BCUT2D eigenvalue weighted by Gasteiger charge is -2.13. The van der Waals surface area contributed by atoms with Crippen LogP contribution in [0.2, 0.25) is 0 Å². The number of nitrogens with zero attached hydrogens (tertiary/aromatic N) is 1. The van der Waals surface area contributed by atoms with Crippen molar-refractivity contribution < 1.29 is 4.79 Å². The van der Waals surface area contributed by atoms with Crippen LogP contribution in [-0.2, 0) is 4.79 Å². The summed E-state index contributed by atoms with van der Waals surface area (Å²) in [5.74, 6) is 0.940. The van der Waals surface area contributed by atoms with Gasteiger partial charge in [-0.15, -0.1) is 0 Å². The van der Waals surface area contributed by atoms with Crippen LogP contribution in [0, 0.1) is 11.8 Å². The van der Waals surface area contributed by atoms with E-state index in [0.717, 1.165) is 13.0 Å². The maximum Gasteiger partial charge on any atom is 0.229 e. The fraction of sp³-hybridized carbons (Fsp3) is 0.667. The highest BCUT2D eigenvalue weighted by atomic mass is 16.2. The molecular weight excluding hydrogens is 138 g/mol. The van der Waals surface area contributed by atoms with Gasteiger partial charge in [0.1, 0.15) is 0 Å². The van der Waals surface area contributed by atoms with Crippen LogP contribution in [0.25, 0.3) is 0 Å². The van der Waals surface area contributed by atoms with Crippen LogP contribution in [0.4, 0.5) is 0 Å². The Hall–Kier alpha value is -0.790. The summed E-state index contributed by atoms with van der Waals surface area (Å²) in [7, 11) is 0. The Morgan fingerprint density at radius 3 is 2.64 bits per heavy atom. The molecule has 1 aliphatic heterocycles. The second-order valence-electron chi connectivity index (χ2n) is 3.35. The minimum absolute atomic E-state index is 0.230. The van der Waals surface area contributed by atoms with Gasteiger partial charge in [0.2, 0.25) is 5.91 Å². The molecule has 1 fully saturated rings. The van der Waals surface area contributed by atoms with Gasteiger partial charge in [-0.1, -0.05) is 20.4 Å². The van der Waals surface area contributed by atoms with E-state index in [9.17, 15) is 4.79 Å². The van der Waals surface area contributed by atoms with Crippen molar-refractivity contribution in [2.45, 2.75) is 20.3 Å². The average molecular weight is 153 g/mol. The van der Waals surface area contributed by atoms with Gasteiger partial charge in [-0.2, -0.15) is 0 Å². The van der Waals surface area contributed by atoms with Crippen LogP contribution in [0.5, 0.6) is 0 Å². The van der Waals surface area contributed by atoms with Crippen LogP contribution < -0.4 is 0 Å². The maximum absolute atomic E-state index is 11.4. The summed E-state index contributed by atoms with van der Waals surface area (Å²) in [6.45, 7) is 8.63. The second-order valence-corrected chi connectivity index (χ2v) is 3.35. The molecule has 0 saturated carbocycles. The number of amides is 1.